The van der Waals surface area contributed by atoms with Gasteiger partial charge in [0.15, 0.2) is 0 Å². The lowest BCUT2D eigenvalue weighted by molar-refractivity contribution is -0.119. The van der Waals surface area contributed by atoms with Crippen LogP contribution in [0.3, 0.4) is 0 Å². The Kier molecular flexibility index (Phi) is 6.18. The smallest absolute Gasteiger partial charge is 0.224 e. The topological polar surface area (TPSA) is 59.9 Å². The average molecular weight is 328 g/mol. The summed E-state index contributed by atoms with van der Waals surface area (Å²) in [6, 6.07) is 6.13. The maximum absolute atomic E-state index is 11.7. The number of amides is 1. The number of allylic oxidation sites excluding steroid dienone is 2. The van der Waals surface area contributed by atoms with Crippen LogP contribution in [0.2, 0.25) is 0 Å². The zero-order chi connectivity index (χ0) is 17.5. The van der Waals surface area contributed by atoms with Crippen molar-refractivity contribution in [1.29, 1.82) is 0 Å². The normalized spacial score (nSPS) is 15.6. The molecule has 2 rings (SSSR count). The third kappa shape index (κ3) is 4.72. The molecule has 1 N–H and O–H groups in total. The summed E-state index contributed by atoms with van der Waals surface area (Å²) >= 11 is 0. The molecule has 5 heteroatoms. The van der Waals surface area contributed by atoms with Crippen LogP contribution in [0.1, 0.15) is 24.0 Å². The first-order valence-corrected chi connectivity index (χ1v) is 7.93. The number of benzene rings is 1. The summed E-state index contributed by atoms with van der Waals surface area (Å²) in [4.78, 5) is 16.6. The molecule has 0 saturated heterocycles. The molecular weight excluding hydrogens is 304 g/mol. The Morgan fingerprint density at radius 1 is 1.29 bits per heavy atom. The van der Waals surface area contributed by atoms with Crippen LogP contribution in [0.15, 0.2) is 46.7 Å². The number of ether oxygens (including phenoxy) is 1. The minimum Gasteiger partial charge on any atom is -0.489 e. The van der Waals surface area contributed by atoms with Gasteiger partial charge in [-0.15, -0.1) is 0 Å². The van der Waals surface area contributed by atoms with Crippen molar-refractivity contribution in [3.8, 4) is 5.75 Å². The van der Waals surface area contributed by atoms with Gasteiger partial charge in [-0.25, -0.2) is 0 Å². The summed E-state index contributed by atoms with van der Waals surface area (Å²) in [6.07, 6.45) is 4.74. The largest absolute Gasteiger partial charge is 0.489 e. The van der Waals surface area contributed by atoms with Crippen molar-refractivity contribution in [3.05, 3.63) is 52.6 Å². The lowest BCUT2D eigenvalue weighted by Crippen LogP contribution is -2.20. The van der Waals surface area contributed by atoms with Crippen LogP contribution in [-0.2, 0) is 9.63 Å². The van der Waals surface area contributed by atoms with E-state index in [1.807, 2.05) is 38.1 Å². The van der Waals surface area contributed by atoms with Gasteiger partial charge in [-0.05, 0) is 48.3 Å². The van der Waals surface area contributed by atoms with Gasteiger partial charge in [-0.2, -0.15) is 0 Å². The molecule has 0 saturated carbocycles. The van der Waals surface area contributed by atoms with Crippen LogP contribution in [0.25, 0.3) is 0 Å². The quantitative estimate of drug-likeness (QED) is 0.816. The molecule has 1 aromatic carbocycles. The highest BCUT2D eigenvalue weighted by atomic mass is 16.6. The number of oxime groups is 1. The van der Waals surface area contributed by atoms with E-state index in [1.165, 1.54) is 7.11 Å². The number of hydrogen-bond acceptors (Lipinski definition) is 4. The van der Waals surface area contributed by atoms with Gasteiger partial charge in [0, 0.05) is 13.5 Å². The van der Waals surface area contributed by atoms with Crippen molar-refractivity contribution in [2.75, 3.05) is 20.8 Å². The molecule has 0 aliphatic heterocycles. The van der Waals surface area contributed by atoms with Crippen LogP contribution >= 0.6 is 0 Å². The number of carbonyl (C=O) groups excluding carboxylic acids is 1. The number of rotatable bonds is 6. The van der Waals surface area contributed by atoms with Crippen molar-refractivity contribution in [2.24, 2.45) is 5.16 Å². The molecule has 0 bridgehead atoms. The molecule has 0 aromatic heterocycles. The van der Waals surface area contributed by atoms with Gasteiger partial charge in [0.1, 0.15) is 19.5 Å². The second kappa shape index (κ2) is 8.34. The zero-order valence-corrected chi connectivity index (χ0v) is 14.7. The number of hydrogen-bond donors (Lipinski definition) is 1. The van der Waals surface area contributed by atoms with E-state index in [0.717, 1.165) is 33.7 Å². The molecule has 1 amide bonds. The van der Waals surface area contributed by atoms with Crippen LogP contribution in [-0.4, -0.2) is 32.4 Å². The Balaban J connectivity index is 2.19. The lowest BCUT2D eigenvalue weighted by Gasteiger charge is -2.18. The van der Waals surface area contributed by atoms with E-state index in [0.29, 0.717) is 19.4 Å². The molecule has 0 unspecified atom stereocenters. The van der Waals surface area contributed by atoms with Gasteiger partial charge in [0.25, 0.3) is 0 Å². The van der Waals surface area contributed by atoms with Crippen LogP contribution in [0.5, 0.6) is 5.75 Å². The molecule has 24 heavy (non-hydrogen) atoms. The average Bonchev–Trinajstić information content (AvgIpc) is 2.57. The van der Waals surface area contributed by atoms with Gasteiger partial charge in [0.05, 0.1) is 12.1 Å². The number of nitrogens with one attached hydrogen (secondary N) is 1. The summed E-state index contributed by atoms with van der Waals surface area (Å²) in [5, 5.41) is 6.65. The summed E-state index contributed by atoms with van der Waals surface area (Å²) in [5.41, 5.74) is 5.07. The fraction of sp³-hybridized carbons (Fsp3) is 0.368. The van der Waals surface area contributed by atoms with E-state index >= 15 is 0 Å². The van der Waals surface area contributed by atoms with E-state index in [4.69, 9.17) is 9.57 Å². The Morgan fingerprint density at radius 3 is 2.79 bits per heavy atom. The second-order valence-corrected chi connectivity index (χ2v) is 5.81. The maximum Gasteiger partial charge on any atom is 0.224 e. The van der Waals surface area contributed by atoms with Crippen molar-refractivity contribution in [2.45, 2.75) is 26.7 Å². The SMILES string of the molecule is CNC(=O)CC1=C(COc2cc(C)ccc2C)CC(=NOC)C=C1. The molecule has 0 fully saturated rings. The van der Waals surface area contributed by atoms with E-state index in [1.54, 1.807) is 7.05 Å². The number of carbonyl (C=O) groups is 1. The molecule has 0 atom stereocenters. The van der Waals surface area contributed by atoms with Gasteiger partial charge in [-0.1, -0.05) is 23.4 Å². The number of aryl methyl sites for hydroxylation is 2. The Bertz CT molecular complexity index is 703. The number of nitrogens with zero attached hydrogens (tertiary/aromatic N) is 1. The summed E-state index contributed by atoms with van der Waals surface area (Å²) in [7, 11) is 3.16. The summed E-state index contributed by atoms with van der Waals surface area (Å²) < 4.78 is 6.01. The van der Waals surface area contributed by atoms with Crippen LogP contribution in [0, 0.1) is 13.8 Å². The van der Waals surface area contributed by atoms with E-state index in [-0.39, 0.29) is 5.91 Å². The van der Waals surface area contributed by atoms with Crippen LogP contribution in [0.4, 0.5) is 0 Å². The Labute approximate surface area is 143 Å². The first-order valence-electron chi connectivity index (χ1n) is 7.93. The molecule has 1 aromatic rings. The molecule has 1 aliphatic rings. The molecule has 128 valence electrons. The molecular formula is C19H24N2O3. The summed E-state index contributed by atoms with van der Waals surface area (Å²) in [5.74, 6) is 0.840. The molecule has 0 heterocycles. The van der Waals surface area contributed by atoms with Gasteiger partial charge >= 0.3 is 0 Å². The third-order valence-corrected chi connectivity index (χ3v) is 3.91. The monoisotopic (exact) mass is 328 g/mol. The molecule has 0 spiro atoms. The second-order valence-electron chi connectivity index (χ2n) is 5.81. The Hall–Kier alpha value is -2.56. The lowest BCUT2D eigenvalue weighted by atomic mass is 9.94. The fourth-order valence-corrected chi connectivity index (χ4v) is 2.50. The predicted octanol–water partition coefficient (Wildman–Crippen LogP) is 3.08. The first-order chi connectivity index (χ1) is 11.5. The minimum absolute atomic E-state index is 0.0222. The highest BCUT2D eigenvalue weighted by Crippen LogP contribution is 2.24. The van der Waals surface area contributed by atoms with Crippen molar-refractivity contribution in [3.63, 3.8) is 0 Å². The first kappa shape index (κ1) is 17.8. The highest BCUT2D eigenvalue weighted by Gasteiger charge is 2.16. The molecule has 0 radical (unpaired) electrons. The zero-order valence-electron chi connectivity index (χ0n) is 14.7. The standard InChI is InChI=1S/C19H24N2O3/c1-13-5-6-14(2)18(9-13)24-12-16-10-17(21-23-4)8-7-15(16)11-19(22)20-3/h5-9H,10-12H2,1-4H3,(H,20,22). The van der Waals surface area contributed by atoms with Gasteiger partial charge < -0.3 is 14.9 Å². The fourth-order valence-electron chi connectivity index (χ4n) is 2.50. The minimum atomic E-state index is -0.0222. The molecule has 5 nitrogen and oxygen atoms in total. The predicted molar refractivity (Wildman–Crippen MR) is 95.3 cm³/mol. The Morgan fingerprint density at radius 2 is 2.08 bits per heavy atom. The van der Waals surface area contributed by atoms with Crippen molar-refractivity contribution in [1.82, 2.24) is 5.32 Å². The van der Waals surface area contributed by atoms with E-state index < -0.39 is 0 Å². The molecule has 1 aliphatic carbocycles. The third-order valence-electron chi connectivity index (χ3n) is 3.91. The van der Waals surface area contributed by atoms with Crippen molar-refractivity contribution >= 4 is 11.6 Å². The van der Waals surface area contributed by atoms with E-state index in [2.05, 4.69) is 16.5 Å². The van der Waals surface area contributed by atoms with Gasteiger partial charge in [0.2, 0.25) is 5.91 Å². The van der Waals surface area contributed by atoms with Crippen molar-refractivity contribution < 1.29 is 14.4 Å². The van der Waals surface area contributed by atoms with Crippen LogP contribution < -0.4 is 10.1 Å². The van der Waals surface area contributed by atoms with Gasteiger partial charge in [-0.3, -0.25) is 4.79 Å². The van der Waals surface area contributed by atoms with E-state index in [9.17, 15) is 4.79 Å². The summed E-state index contributed by atoms with van der Waals surface area (Å²) in [6.45, 7) is 4.48. The highest BCUT2D eigenvalue weighted by molar-refractivity contribution is 5.98. The maximum atomic E-state index is 11.7.